The van der Waals surface area contributed by atoms with Crippen molar-refractivity contribution in [3.63, 3.8) is 0 Å². The molecule has 0 amide bonds. The average Bonchev–Trinajstić information content (AvgIpc) is 3.59. The van der Waals surface area contributed by atoms with Crippen molar-refractivity contribution >= 4 is 5.97 Å². The molecule has 2 aromatic rings. The van der Waals surface area contributed by atoms with Gasteiger partial charge in [0.05, 0.1) is 37.4 Å². The van der Waals surface area contributed by atoms with Gasteiger partial charge in [0.2, 0.25) is 0 Å². The summed E-state index contributed by atoms with van der Waals surface area (Å²) in [6, 6.07) is 3.88. The largest absolute Gasteiger partial charge is 0.481 e. The summed E-state index contributed by atoms with van der Waals surface area (Å²) in [6.45, 7) is 25.9. The predicted octanol–water partition coefficient (Wildman–Crippen LogP) is 8.76. The zero-order valence-corrected chi connectivity index (χ0v) is 34.4. The summed E-state index contributed by atoms with van der Waals surface area (Å²) in [5.41, 5.74) is 7.41. The molecule has 3 N–H and O–H groups in total. The summed E-state index contributed by atoms with van der Waals surface area (Å²) < 4.78 is 16.4. The number of pyridine rings is 1. The fourth-order valence-corrected chi connectivity index (χ4v) is 12.9. The zero-order chi connectivity index (χ0) is 38.6. The highest BCUT2D eigenvalue weighted by Gasteiger charge is 2.73. The maximum absolute atomic E-state index is 13.5. The molecule has 4 fully saturated rings. The lowest BCUT2D eigenvalue weighted by molar-refractivity contribution is -0.274. The molecule has 7 rings (SSSR count). The van der Waals surface area contributed by atoms with Crippen molar-refractivity contribution in [1.29, 1.82) is 0 Å². The van der Waals surface area contributed by atoms with Crippen LogP contribution in [0.1, 0.15) is 127 Å². The van der Waals surface area contributed by atoms with Crippen molar-refractivity contribution in [3.05, 3.63) is 42.5 Å². The summed E-state index contributed by atoms with van der Waals surface area (Å²) in [6.07, 6.45) is 14.2. The number of carbonyl (C=O) groups is 1. The SMILES string of the molecule is CC[C@@H](C)[C@@]1(C)CC[C@]2(C)[C@H]3CC[C@H]4[C@@]5(C)CO[C@@H](C)[C@@]4(C[C@@H](n4ncnc4-c4ccncc4)[C@@H]5OC[C@](C)(N)C(C)(C)C)C3=CC[C@@]2(C)[C@@H]1C(=O)O. The molecule has 0 radical (unpaired) electrons. The number of rotatable bonds is 8. The highest BCUT2D eigenvalue weighted by Crippen LogP contribution is 2.76. The van der Waals surface area contributed by atoms with Crippen LogP contribution in [0.3, 0.4) is 0 Å². The molecule has 9 heteroatoms. The first-order chi connectivity index (χ1) is 24.7. The van der Waals surface area contributed by atoms with Crippen LogP contribution in [0.2, 0.25) is 0 Å². The number of nitrogens with two attached hydrogens (primary N) is 1. The topological polar surface area (TPSA) is 125 Å². The molecule has 0 aromatic carbocycles. The normalized spacial score (nSPS) is 42.7. The Morgan fingerprint density at radius 3 is 2.45 bits per heavy atom. The molecular formula is C44H67N5O4. The molecule has 292 valence electrons. The molecule has 5 aliphatic rings. The fraction of sp³-hybridized carbons (Fsp3) is 0.773. The molecule has 2 aromatic heterocycles. The third-order valence-corrected chi connectivity index (χ3v) is 17.4. The smallest absolute Gasteiger partial charge is 0.307 e. The van der Waals surface area contributed by atoms with Crippen molar-refractivity contribution in [1.82, 2.24) is 19.7 Å². The molecule has 1 saturated heterocycles. The predicted molar refractivity (Wildman–Crippen MR) is 208 cm³/mol. The van der Waals surface area contributed by atoms with Gasteiger partial charge in [0.1, 0.15) is 6.33 Å². The zero-order valence-electron chi connectivity index (χ0n) is 34.4. The third-order valence-electron chi connectivity index (χ3n) is 17.4. The molecule has 3 saturated carbocycles. The summed E-state index contributed by atoms with van der Waals surface area (Å²) in [4.78, 5) is 22.6. The second-order valence-corrected chi connectivity index (χ2v) is 20.4. The Labute approximate surface area is 318 Å². The molecule has 9 nitrogen and oxygen atoms in total. The van der Waals surface area contributed by atoms with Crippen LogP contribution in [0.5, 0.6) is 0 Å². The molecule has 3 heterocycles. The molecular weight excluding hydrogens is 663 g/mol. The van der Waals surface area contributed by atoms with E-state index in [2.05, 4.69) is 91.9 Å². The first-order valence-corrected chi connectivity index (χ1v) is 20.5. The number of carboxylic acid groups (broad SMARTS) is 1. The van der Waals surface area contributed by atoms with Gasteiger partial charge in [0.25, 0.3) is 0 Å². The quantitative estimate of drug-likeness (QED) is 0.259. The Kier molecular flexibility index (Phi) is 9.26. The van der Waals surface area contributed by atoms with Crippen LogP contribution in [-0.2, 0) is 14.3 Å². The standard InChI is InChI=1S/C44H67N5O4/c1-12-27(2)39(7)19-20-41(9)30-13-14-33-40(8)24-52-28(3)44(33,31(30)15-18-42(41,10)34(39)37(50)51)23-32(35(40)53-25-43(11,45)38(4,5)6)49-36(47-26-48-49)29-16-21-46-22-17-29/h15-17,21-22,26-28,30,32-35H,12-14,18-20,23-25,45H2,1-11H3,(H,50,51)/t27-,28+,30+,32-,33+,34-,35+,39-,40-,41-,42+,43+,44+/m1/s1. The second-order valence-electron chi connectivity index (χ2n) is 20.4. The number of aromatic nitrogens is 4. The Balaban J connectivity index is 1.38. The highest BCUT2D eigenvalue weighted by atomic mass is 16.5. The lowest BCUT2D eigenvalue weighted by Gasteiger charge is -2.72. The Morgan fingerprint density at radius 2 is 1.81 bits per heavy atom. The van der Waals surface area contributed by atoms with Crippen LogP contribution in [0.4, 0.5) is 0 Å². The Hall–Kier alpha value is -2.62. The molecule has 53 heavy (non-hydrogen) atoms. The number of allylic oxidation sites excluding steroid dienone is 1. The van der Waals surface area contributed by atoms with Crippen LogP contribution in [0.25, 0.3) is 11.4 Å². The minimum Gasteiger partial charge on any atom is -0.481 e. The van der Waals surface area contributed by atoms with E-state index < -0.39 is 17.4 Å². The van der Waals surface area contributed by atoms with E-state index in [1.165, 1.54) is 5.57 Å². The number of fused-ring (bicyclic) bond motifs is 3. The lowest BCUT2D eigenvalue weighted by Crippen LogP contribution is -2.71. The molecule has 4 aliphatic carbocycles. The number of ether oxygens (including phenoxy) is 2. The van der Waals surface area contributed by atoms with E-state index in [9.17, 15) is 9.90 Å². The van der Waals surface area contributed by atoms with Crippen molar-refractivity contribution in [2.24, 2.45) is 61.9 Å². The van der Waals surface area contributed by atoms with Gasteiger partial charge in [-0.15, -0.1) is 0 Å². The van der Waals surface area contributed by atoms with E-state index >= 15 is 0 Å². The third kappa shape index (κ3) is 5.32. The van der Waals surface area contributed by atoms with Crippen LogP contribution in [-0.4, -0.2) is 61.8 Å². The highest BCUT2D eigenvalue weighted by molar-refractivity contribution is 5.73. The van der Waals surface area contributed by atoms with E-state index in [4.69, 9.17) is 25.3 Å². The van der Waals surface area contributed by atoms with Gasteiger partial charge in [-0.3, -0.25) is 9.78 Å². The van der Waals surface area contributed by atoms with E-state index in [1.807, 2.05) is 24.5 Å². The van der Waals surface area contributed by atoms with Gasteiger partial charge in [-0.1, -0.05) is 80.4 Å². The number of hydrogen-bond donors (Lipinski definition) is 2. The van der Waals surface area contributed by atoms with Gasteiger partial charge < -0.3 is 20.3 Å². The molecule has 0 unspecified atom stereocenters. The van der Waals surface area contributed by atoms with E-state index in [0.717, 1.165) is 56.3 Å². The maximum Gasteiger partial charge on any atom is 0.307 e. The number of carboxylic acids is 1. The monoisotopic (exact) mass is 730 g/mol. The average molecular weight is 730 g/mol. The molecule has 1 aliphatic heterocycles. The van der Waals surface area contributed by atoms with Crippen LogP contribution >= 0.6 is 0 Å². The first kappa shape index (κ1) is 38.6. The Bertz CT molecular complexity index is 1730. The lowest BCUT2D eigenvalue weighted by atomic mass is 9.34. The minimum absolute atomic E-state index is 0.0162. The van der Waals surface area contributed by atoms with Gasteiger partial charge in [-0.2, -0.15) is 5.10 Å². The van der Waals surface area contributed by atoms with Crippen LogP contribution in [0, 0.1) is 56.2 Å². The van der Waals surface area contributed by atoms with Gasteiger partial charge in [0.15, 0.2) is 5.82 Å². The van der Waals surface area contributed by atoms with E-state index in [1.54, 1.807) is 6.33 Å². The summed E-state index contributed by atoms with van der Waals surface area (Å²) in [5.74, 6) is 0.709. The van der Waals surface area contributed by atoms with Crippen LogP contribution in [0.15, 0.2) is 42.5 Å². The van der Waals surface area contributed by atoms with E-state index in [0.29, 0.717) is 25.0 Å². The van der Waals surface area contributed by atoms with Crippen molar-refractivity contribution in [3.8, 4) is 11.4 Å². The van der Waals surface area contributed by atoms with Crippen molar-refractivity contribution in [2.75, 3.05) is 13.2 Å². The van der Waals surface area contributed by atoms with E-state index in [-0.39, 0.29) is 56.7 Å². The molecule has 13 atom stereocenters. The number of nitrogens with zero attached hydrogens (tertiary/aromatic N) is 4. The fourth-order valence-electron chi connectivity index (χ4n) is 12.9. The molecule has 0 spiro atoms. The summed E-state index contributed by atoms with van der Waals surface area (Å²) in [5, 5.41) is 16.1. The summed E-state index contributed by atoms with van der Waals surface area (Å²) in [7, 11) is 0. The number of hydrogen-bond acceptors (Lipinski definition) is 7. The first-order valence-electron chi connectivity index (χ1n) is 20.5. The summed E-state index contributed by atoms with van der Waals surface area (Å²) >= 11 is 0. The Morgan fingerprint density at radius 1 is 1.11 bits per heavy atom. The van der Waals surface area contributed by atoms with Gasteiger partial charge in [-0.25, -0.2) is 9.67 Å². The van der Waals surface area contributed by atoms with Gasteiger partial charge >= 0.3 is 5.97 Å². The van der Waals surface area contributed by atoms with Crippen molar-refractivity contribution in [2.45, 2.75) is 145 Å². The number of aliphatic carboxylic acids is 1. The van der Waals surface area contributed by atoms with Gasteiger partial charge in [0, 0.05) is 34.3 Å². The second kappa shape index (κ2) is 12.7. The molecule has 2 bridgehead atoms. The van der Waals surface area contributed by atoms with Crippen LogP contribution < -0.4 is 5.73 Å². The minimum atomic E-state index is -0.624. The maximum atomic E-state index is 13.5. The van der Waals surface area contributed by atoms with Crippen molar-refractivity contribution < 1.29 is 19.4 Å². The van der Waals surface area contributed by atoms with Gasteiger partial charge in [-0.05, 0) is 104 Å².